The molecule has 2 aliphatic carbocycles. The predicted molar refractivity (Wildman–Crippen MR) is 88.2 cm³/mol. The zero-order valence-electron chi connectivity index (χ0n) is 14.2. The topological polar surface area (TPSA) is 41.1 Å². The zero-order chi connectivity index (χ0) is 15.2. The maximum atomic E-state index is 12.0. The standard InChI is InChI=1S/C18H34N2O/c1-13(2)16-8-10-17(11-9-16)20-18(21)19-12-15-6-4-14(3)5-7-15/h13-17H,4-12H2,1-3H3,(H2,19,20,21). The average Bonchev–Trinajstić information content (AvgIpc) is 2.47. The van der Waals surface area contributed by atoms with Crippen molar-refractivity contribution in [1.29, 1.82) is 0 Å². The summed E-state index contributed by atoms with van der Waals surface area (Å²) in [5.41, 5.74) is 0. The van der Waals surface area contributed by atoms with Crippen molar-refractivity contribution in [2.24, 2.45) is 23.7 Å². The van der Waals surface area contributed by atoms with Crippen molar-refractivity contribution in [1.82, 2.24) is 10.6 Å². The molecule has 0 bridgehead atoms. The molecule has 0 spiro atoms. The molecule has 0 aromatic heterocycles. The van der Waals surface area contributed by atoms with Gasteiger partial charge in [0.2, 0.25) is 0 Å². The molecule has 2 amide bonds. The number of hydrogen-bond acceptors (Lipinski definition) is 1. The maximum Gasteiger partial charge on any atom is 0.315 e. The molecule has 0 aliphatic heterocycles. The lowest BCUT2D eigenvalue weighted by Crippen LogP contribution is -2.45. The van der Waals surface area contributed by atoms with E-state index in [1.54, 1.807) is 0 Å². The molecular weight excluding hydrogens is 260 g/mol. The van der Waals surface area contributed by atoms with E-state index in [0.717, 1.165) is 37.1 Å². The second-order valence-electron chi connectivity index (χ2n) is 7.84. The summed E-state index contributed by atoms with van der Waals surface area (Å²) >= 11 is 0. The fourth-order valence-electron chi connectivity index (χ4n) is 3.94. The second-order valence-corrected chi connectivity index (χ2v) is 7.84. The summed E-state index contributed by atoms with van der Waals surface area (Å²) in [6.07, 6.45) is 10.0. The predicted octanol–water partition coefficient (Wildman–Crippen LogP) is 4.33. The van der Waals surface area contributed by atoms with Crippen LogP contribution in [0.1, 0.15) is 72.1 Å². The normalized spacial score (nSPS) is 33.7. The summed E-state index contributed by atoms with van der Waals surface area (Å²) in [6.45, 7) is 7.83. The summed E-state index contributed by atoms with van der Waals surface area (Å²) in [4.78, 5) is 12.0. The number of urea groups is 1. The molecule has 2 aliphatic rings. The number of amides is 2. The smallest absolute Gasteiger partial charge is 0.315 e. The van der Waals surface area contributed by atoms with Crippen LogP contribution in [0.4, 0.5) is 4.79 Å². The van der Waals surface area contributed by atoms with E-state index in [4.69, 9.17) is 0 Å². The van der Waals surface area contributed by atoms with Crippen molar-refractivity contribution in [3.05, 3.63) is 0 Å². The van der Waals surface area contributed by atoms with E-state index in [0.29, 0.717) is 12.0 Å². The van der Waals surface area contributed by atoms with Crippen LogP contribution in [0.15, 0.2) is 0 Å². The van der Waals surface area contributed by atoms with Gasteiger partial charge in [0.15, 0.2) is 0 Å². The Morgan fingerprint density at radius 1 is 1.00 bits per heavy atom. The lowest BCUT2D eigenvalue weighted by Gasteiger charge is -2.31. The minimum atomic E-state index is 0.0571. The molecule has 3 heteroatoms. The van der Waals surface area contributed by atoms with Crippen LogP contribution in [0.25, 0.3) is 0 Å². The van der Waals surface area contributed by atoms with E-state index in [9.17, 15) is 4.79 Å². The first-order valence-corrected chi connectivity index (χ1v) is 9.09. The molecule has 0 radical (unpaired) electrons. The molecule has 0 saturated heterocycles. The van der Waals surface area contributed by atoms with Gasteiger partial charge in [0.25, 0.3) is 0 Å². The fourth-order valence-corrected chi connectivity index (χ4v) is 3.94. The third-order valence-electron chi connectivity index (χ3n) is 5.74. The van der Waals surface area contributed by atoms with Gasteiger partial charge in [0.05, 0.1) is 0 Å². The quantitative estimate of drug-likeness (QED) is 0.796. The van der Waals surface area contributed by atoms with Gasteiger partial charge in [-0.25, -0.2) is 4.79 Å². The molecule has 21 heavy (non-hydrogen) atoms. The average molecular weight is 294 g/mol. The van der Waals surface area contributed by atoms with Gasteiger partial charge in [0.1, 0.15) is 0 Å². The molecule has 2 N–H and O–H groups in total. The molecule has 0 aromatic carbocycles. The first-order valence-electron chi connectivity index (χ1n) is 9.09. The number of rotatable bonds is 4. The first-order chi connectivity index (χ1) is 10.0. The highest BCUT2D eigenvalue weighted by Crippen LogP contribution is 2.30. The molecule has 3 nitrogen and oxygen atoms in total. The van der Waals surface area contributed by atoms with Crippen molar-refractivity contribution >= 4 is 6.03 Å². The molecule has 2 rings (SSSR count). The lowest BCUT2D eigenvalue weighted by molar-refractivity contribution is 0.211. The van der Waals surface area contributed by atoms with E-state index >= 15 is 0 Å². The Hall–Kier alpha value is -0.730. The number of hydrogen-bond donors (Lipinski definition) is 2. The number of carbonyl (C=O) groups excluding carboxylic acids is 1. The van der Waals surface area contributed by atoms with Crippen LogP contribution in [-0.4, -0.2) is 18.6 Å². The third-order valence-corrected chi connectivity index (χ3v) is 5.74. The SMILES string of the molecule is CC1CCC(CNC(=O)NC2CCC(C(C)C)CC2)CC1. The summed E-state index contributed by atoms with van der Waals surface area (Å²) in [5, 5.41) is 6.28. The van der Waals surface area contributed by atoms with Crippen molar-refractivity contribution in [2.45, 2.75) is 78.2 Å². The minimum Gasteiger partial charge on any atom is -0.338 e. The molecule has 2 fully saturated rings. The molecule has 0 heterocycles. The van der Waals surface area contributed by atoms with Crippen LogP contribution >= 0.6 is 0 Å². The lowest BCUT2D eigenvalue weighted by atomic mass is 9.80. The monoisotopic (exact) mass is 294 g/mol. The molecule has 122 valence electrons. The Morgan fingerprint density at radius 3 is 2.19 bits per heavy atom. The van der Waals surface area contributed by atoms with Crippen LogP contribution < -0.4 is 10.6 Å². The summed E-state index contributed by atoms with van der Waals surface area (Å²) in [6, 6.07) is 0.452. The fraction of sp³-hybridized carbons (Fsp3) is 0.944. The Balaban J connectivity index is 1.60. The third kappa shape index (κ3) is 5.52. The maximum absolute atomic E-state index is 12.0. The van der Waals surface area contributed by atoms with Crippen molar-refractivity contribution in [3.63, 3.8) is 0 Å². The van der Waals surface area contributed by atoms with Gasteiger partial charge in [-0.15, -0.1) is 0 Å². The van der Waals surface area contributed by atoms with Gasteiger partial charge in [-0.1, -0.05) is 33.6 Å². The van der Waals surface area contributed by atoms with Gasteiger partial charge >= 0.3 is 6.03 Å². The van der Waals surface area contributed by atoms with Gasteiger partial charge in [-0.3, -0.25) is 0 Å². The highest BCUT2D eigenvalue weighted by Gasteiger charge is 2.24. The zero-order valence-corrected chi connectivity index (χ0v) is 14.2. The molecular formula is C18H34N2O. The molecule has 0 atom stereocenters. The Bertz CT molecular complexity index is 313. The van der Waals surface area contributed by atoms with E-state index in [2.05, 4.69) is 31.4 Å². The summed E-state index contributed by atoms with van der Waals surface area (Å²) in [5.74, 6) is 3.22. The van der Waals surface area contributed by atoms with E-state index in [1.165, 1.54) is 38.5 Å². The van der Waals surface area contributed by atoms with Crippen molar-refractivity contribution in [3.8, 4) is 0 Å². The van der Waals surface area contributed by atoms with Gasteiger partial charge < -0.3 is 10.6 Å². The van der Waals surface area contributed by atoms with Crippen molar-refractivity contribution in [2.75, 3.05) is 6.54 Å². The van der Waals surface area contributed by atoms with Gasteiger partial charge in [-0.2, -0.15) is 0 Å². The highest BCUT2D eigenvalue weighted by molar-refractivity contribution is 5.74. The second kappa shape index (κ2) is 8.05. The Kier molecular flexibility index (Phi) is 6.38. The molecule has 0 aromatic rings. The number of carbonyl (C=O) groups is 1. The van der Waals surface area contributed by atoms with E-state index in [-0.39, 0.29) is 6.03 Å². The minimum absolute atomic E-state index is 0.0571. The Morgan fingerprint density at radius 2 is 1.62 bits per heavy atom. The van der Waals surface area contributed by atoms with E-state index in [1.807, 2.05) is 0 Å². The van der Waals surface area contributed by atoms with Gasteiger partial charge in [0, 0.05) is 12.6 Å². The molecule has 0 unspecified atom stereocenters. The van der Waals surface area contributed by atoms with Crippen LogP contribution in [-0.2, 0) is 0 Å². The van der Waals surface area contributed by atoms with E-state index < -0.39 is 0 Å². The first kappa shape index (κ1) is 16.6. The van der Waals surface area contributed by atoms with Crippen LogP contribution in [0, 0.1) is 23.7 Å². The van der Waals surface area contributed by atoms with Crippen LogP contribution in [0.3, 0.4) is 0 Å². The number of nitrogens with one attached hydrogen (secondary N) is 2. The summed E-state index contributed by atoms with van der Waals surface area (Å²) in [7, 11) is 0. The van der Waals surface area contributed by atoms with Crippen LogP contribution in [0.2, 0.25) is 0 Å². The largest absolute Gasteiger partial charge is 0.338 e. The molecule has 2 saturated carbocycles. The van der Waals surface area contributed by atoms with Crippen molar-refractivity contribution < 1.29 is 4.79 Å². The highest BCUT2D eigenvalue weighted by atomic mass is 16.2. The summed E-state index contributed by atoms with van der Waals surface area (Å²) < 4.78 is 0. The Labute approximate surface area is 130 Å². The van der Waals surface area contributed by atoms with Crippen LogP contribution in [0.5, 0.6) is 0 Å². The van der Waals surface area contributed by atoms with Gasteiger partial charge in [-0.05, 0) is 62.2 Å².